The molecular formula is C15H15NO4. The number of benzene rings is 2. The van der Waals surface area contributed by atoms with Crippen molar-refractivity contribution in [2.45, 2.75) is 12.5 Å². The van der Waals surface area contributed by atoms with Crippen molar-refractivity contribution in [3.05, 3.63) is 54.1 Å². The Morgan fingerprint density at radius 3 is 2.60 bits per heavy atom. The number of hydrogen-bond donors (Lipinski definition) is 4. The summed E-state index contributed by atoms with van der Waals surface area (Å²) in [5.41, 5.74) is 2.15. The Balaban J connectivity index is 2.27. The smallest absolute Gasteiger partial charge is 0.267 e. The molecule has 4 N–H and O–H groups in total. The van der Waals surface area contributed by atoms with Crippen molar-refractivity contribution in [1.82, 2.24) is 5.48 Å². The highest BCUT2D eigenvalue weighted by Crippen LogP contribution is 2.31. The summed E-state index contributed by atoms with van der Waals surface area (Å²) >= 11 is 0. The molecule has 0 aromatic heterocycles. The molecule has 5 heteroatoms. The van der Waals surface area contributed by atoms with Gasteiger partial charge in [-0.15, -0.1) is 0 Å². The van der Waals surface area contributed by atoms with Gasteiger partial charge in [0.05, 0.1) is 6.10 Å². The van der Waals surface area contributed by atoms with E-state index in [4.69, 9.17) is 5.21 Å². The van der Waals surface area contributed by atoms with Gasteiger partial charge in [0.2, 0.25) is 0 Å². The largest absolute Gasteiger partial charge is 0.507 e. The SMILES string of the molecule is O=C(/C=C/C[C@@H](O)c1ccc(O)c2ccccc12)NO. The second-order valence-corrected chi connectivity index (χ2v) is 4.35. The van der Waals surface area contributed by atoms with Crippen molar-refractivity contribution >= 4 is 16.7 Å². The van der Waals surface area contributed by atoms with E-state index in [-0.39, 0.29) is 12.2 Å². The third-order valence-corrected chi connectivity index (χ3v) is 3.03. The molecule has 0 fully saturated rings. The second-order valence-electron chi connectivity index (χ2n) is 4.35. The number of aliphatic hydroxyl groups is 1. The summed E-state index contributed by atoms with van der Waals surface area (Å²) in [5, 5.41) is 29.7. The highest BCUT2D eigenvalue weighted by atomic mass is 16.5. The van der Waals surface area contributed by atoms with Crippen LogP contribution in [0.1, 0.15) is 18.1 Å². The average molecular weight is 273 g/mol. The van der Waals surface area contributed by atoms with Gasteiger partial charge in [-0.1, -0.05) is 36.4 Å². The van der Waals surface area contributed by atoms with Crippen molar-refractivity contribution in [2.75, 3.05) is 0 Å². The van der Waals surface area contributed by atoms with Crippen LogP contribution in [0.5, 0.6) is 5.75 Å². The van der Waals surface area contributed by atoms with Crippen molar-refractivity contribution < 1.29 is 20.2 Å². The Morgan fingerprint density at radius 2 is 1.90 bits per heavy atom. The summed E-state index contributed by atoms with van der Waals surface area (Å²) in [7, 11) is 0. The van der Waals surface area contributed by atoms with Gasteiger partial charge in [0.25, 0.3) is 5.91 Å². The minimum absolute atomic E-state index is 0.159. The van der Waals surface area contributed by atoms with Crippen molar-refractivity contribution in [1.29, 1.82) is 0 Å². The van der Waals surface area contributed by atoms with Gasteiger partial charge in [-0.05, 0) is 23.4 Å². The van der Waals surface area contributed by atoms with E-state index < -0.39 is 12.0 Å². The van der Waals surface area contributed by atoms with Crippen LogP contribution in [-0.4, -0.2) is 21.3 Å². The first-order valence-electron chi connectivity index (χ1n) is 6.12. The minimum atomic E-state index is -0.803. The quantitative estimate of drug-likeness (QED) is 0.390. The summed E-state index contributed by atoms with van der Waals surface area (Å²) in [4.78, 5) is 10.8. The van der Waals surface area contributed by atoms with Gasteiger partial charge >= 0.3 is 0 Å². The summed E-state index contributed by atoms with van der Waals surface area (Å²) in [6.07, 6.45) is 2.04. The zero-order valence-corrected chi connectivity index (χ0v) is 10.7. The monoisotopic (exact) mass is 273 g/mol. The van der Waals surface area contributed by atoms with Gasteiger partial charge in [0, 0.05) is 11.5 Å². The lowest BCUT2D eigenvalue weighted by Crippen LogP contribution is -2.15. The third kappa shape index (κ3) is 2.96. The van der Waals surface area contributed by atoms with E-state index in [1.807, 2.05) is 18.2 Å². The molecule has 1 amide bonds. The molecule has 0 spiro atoms. The van der Waals surface area contributed by atoms with E-state index in [1.165, 1.54) is 17.6 Å². The molecule has 0 aliphatic carbocycles. The van der Waals surface area contributed by atoms with Crippen molar-refractivity contribution in [3.8, 4) is 5.75 Å². The Labute approximate surface area is 115 Å². The molecule has 2 aromatic rings. The molecule has 0 saturated carbocycles. The summed E-state index contributed by atoms with van der Waals surface area (Å²) in [6, 6.07) is 10.4. The number of aromatic hydroxyl groups is 1. The molecular weight excluding hydrogens is 258 g/mol. The Hall–Kier alpha value is -2.37. The molecule has 0 unspecified atom stereocenters. The van der Waals surface area contributed by atoms with Crippen LogP contribution in [0.15, 0.2) is 48.6 Å². The maximum Gasteiger partial charge on any atom is 0.267 e. The number of phenols is 1. The highest BCUT2D eigenvalue weighted by Gasteiger charge is 2.11. The lowest BCUT2D eigenvalue weighted by Gasteiger charge is -2.12. The molecule has 5 nitrogen and oxygen atoms in total. The fourth-order valence-electron chi connectivity index (χ4n) is 2.07. The number of fused-ring (bicyclic) bond motifs is 1. The molecule has 0 radical (unpaired) electrons. The molecule has 0 aliphatic rings. The standard InChI is InChI=1S/C15H15NO4/c17-13(6-3-7-15(19)16-20)12-8-9-14(18)11-5-2-1-4-10(11)12/h1-5,7-9,13,17-18,20H,6H2,(H,16,19)/b7-3+/t13-/m1/s1. The van der Waals surface area contributed by atoms with Crippen LogP contribution in [0.4, 0.5) is 0 Å². The van der Waals surface area contributed by atoms with E-state index in [2.05, 4.69) is 0 Å². The van der Waals surface area contributed by atoms with Crippen LogP contribution in [0.2, 0.25) is 0 Å². The summed E-state index contributed by atoms with van der Waals surface area (Å²) in [6.45, 7) is 0. The fraction of sp³-hybridized carbons (Fsp3) is 0.133. The number of carbonyl (C=O) groups excluding carboxylic acids is 1. The topological polar surface area (TPSA) is 89.8 Å². The Bertz CT molecular complexity index is 651. The first-order valence-corrected chi connectivity index (χ1v) is 6.12. The maximum atomic E-state index is 10.8. The van der Waals surface area contributed by atoms with Gasteiger partial charge in [0.15, 0.2) is 0 Å². The molecule has 0 saturated heterocycles. The maximum absolute atomic E-state index is 10.8. The fourth-order valence-corrected chi connectivity index (χ4v) is 2.07. The van der Waals surface area contributed by atoms with Crippen LogP contribution in [0, 0.1) is 0 Å². The first-order chi connectivity index (χ1) is 9.63. The molecule has 0 heterocycles. The average Bonchev–Trinajstić information content (AvgIpc) is 2.47. The highest BCUT2D eigenvalue weighted by molar-refractivity contribution is 5.91. The van der Waals surface area contributed by atoms with Gasteiger partial charge in [-0.3, -0.25) is 10.0 Å². The number of aliphatic hydroxyl groups excluding tert-OH is 1. The number of carbonyl (C=O) groups is 1. The van der Waals surface area contributed by atoms with E-state index in [0.717, 1.165) is 11.5 Å². The van der Waals surface area contributed by atoms with Gasteiger partial charge < -0.3 is 10.2 Å². The van der Waals surface area contributed by atoms with E-state index >= 15 is 0 Å². The summed E-state index contributed by atoms with van der Waals surface area (Å²) in [5.74, 6) is -0.487. The third-order valence-electron chi connectivity index (χ3n) is 3.03. The molecule has 2 aromatic carbocycles. The molecule has 0 bridgehead atoms. The molecule has 0 aliphatic heterocycles. The van der Waals surface area contributed by atoms with Gasteiger partial charge in [-0.2, -0.15) is 0 Å². The lowest BCUT2D eigenvalue weighted by molar-refractivity contribution is -0.124. The van der Waals surface area contributed by atoms with Gasteiger partial charge in [-0.25, -0.2) is 5.48 Å². The van der Waals surface area contributed by atoms with Crippen LogP contribution in [-0.2, 0) is 4.79 Å². The van der Waals surface area contributed by atoms with E-state index in [0.29, 0.717) is 10.9 Å². The predicted molar refractivity (Wildman–Crippen MR) is 74.3 cm³/mol. The lowest BCUT2D eigenvalue weighted by atomic mass is 9.98. The van der Waals surface area contributed by atoms with E-state index in [9.17, 15) is 15.0 Å². The van der Waals surface area contributed by atoms with Crippen LogP contribution < -0.4 is 5.48 Å². The number of amides is 1. The number of hydrogen-bond acceptors (Lipinski definition) is 4. The van der Waals surface area contributed by atoms with E-state index in [1.54, 1.807) is 12.1 Å². The zero-order chi connectivity index (χ0) is 14.5. The zero-order valence-electron chi connectivity index (χ0n) is 10.7. The van der Waals surface area contributed by atoms with Crippen LogP contribution in [0.25, 0.3) is 10.8 Å². The number of rotatable bonds is 4. The van der Waals surface area contributed by atoms with Gasteiger partial charge in [0.1, 0.15) is 5.75 Å². The van der Waals surface area contributed by atoms with Crippen LogP contribution >= 0.6 is 0 Å². The molecule has 104 valence electrons. The predicted octanol–water partition coefficient (Wildman–Crippen LogP) is 2.03. The number of phenolic OH excluding ortho intramolecular Hbond substituents is 1. The number of nitrogens with one attached hydrogen (secondary N) is 1. The Kier molecular flexibility index (Phi) is 4.34. The minimum Gasteiger partial charge on any atom is -0.507 e. The van der Waals surface area contributed by atoms with Crippen molar-refractivity contribution in [2.24, 2.45) is 0 Å². The number of hydroxylamine groups is 1. The molecule has 2 rings (SSSR count). The van der Waals surface area contributed by atoms with Crippen LogP contribution in [0.3, 0.4) is 0 Å². The normalized spacial score (nSPS) is 12.7. The second kappa shape index (κ2) is 6.18. The summed E-state index contributed by atoms with van der Waals surface area (Å²) < 4.78 is 0. The Morgan fingerprint density at radius 1 is 1.20 bits per heavy atom. The molecule has 20 heavy (non-hydrogen) atoms. The van der Waals surface area contributed by atoms with Crippen molar-refractivity contribution in [3.63, 3.8) is 0 Å². The first kappa shape index (κ1) is 14.0. The molecule has 1 atom stereocenters.